The van der Waals surface area contributed by atoms with Gasteiger partial charge >= 0.3 is 0 Å². The number of hydrogen-bond acceptors (Lipinski definition) is 8. The van der Waals surface area contributed by atoms with E-state index >= 15 is 0 Å². The van der Waals surface area contributed by atoms with Crippen molar-refractivity contribution in [2.45, 2.75) is 42.9 Å². The minimum Gasteiger partial charge on any atom is -0.554 e. The molecule has 0 bridgehead atoms. The van der Waals surface area contributed by atoms with E-state index in [2.05, 4.69) is 10.3 Å². The molecule has 2 N–H and O–H groups in total. The summed E-state index contributed by atoms with van der Waals surface area (Å²) in [6, 6.07) is 5.73. The van der Waals surface area contributed by atoms with Gasteiger partial charge in [0.25, 0.3) is 0 Å². The Bertz CT molecular complexity index is 1170. The molecule has 5 rings (SSSR count). The summed E-state index contributed by atoms with van der Waals surface area (Å²) < 4.78 is 56.3. The molecule has 4 heterocycles. The summed E-state index contributed by atoms with van der Waals surface area (Å²) in [7, 11) is 0. The Morgan fingerprint density at radius 3 is 2.47 bits per heavy atom. The van der Waals surface area contributed by atoms with Crippen LogP contribution in [0.3, 0.4) is 0 Å². The van der Waals surface area contributed by atoms with Crippen LogP contribution in [0.1, 0.15) is 24.9 Å². The summed E-state index contributed by atoms with van der Waals surface area (Å²) in [5.41, 5.74) is 0.0823. The third-order valence-corrected chi connectivity index (χ3v) is 6.21. The van der Waals surface area contributed by atoms with E-state index < -0.39 is 60.6 Å². The van der Waals surface area contributed by atoms with E-state index in [0.29, 0.717) is 13.0 Å². The van der Waals surface area contributed by atoms with Gasteiger partial charge in [-0.1, -0.05) is 11.3 Å². The normalized spacial score (nSPS) is 27.5. The highest BCUT2D eigenvalue weighted by molar-refractivity contribution is 5.57. The zero-order chi connectivity index (χ0) is 25.9. The largest absolute Gasteiger partial charge is 0.554 e. The molecule has 5 atom stereocenters. The van der Waals surface area contributed by atoms with Crippen molar-refractivity contribution in [3.05, 3.63) is 66.4 Å². The van der Waals surface area contributed by atoms with Crippen molar-refractivity contribution in [3.63, 3.8) is 0 Å². The number of carbonyl (C=O) groups excluding carboxylic acids is 1. The van der Waals surface area contributed by atoms with Gasteiger partial charge in [0.1, 0.15) is 23.9 Å². The van der Waals surface area contributed by atoms with Crippen molar-refractivity contribution in [1.29, 1.82) is 0 Å². The lowest BCUT2D eigenvalue weighted by molar-refractivity contribution is -0.759. The van der Waals surface area contributed by atoms with Crippen LogP contribution in [0, 0.1) is 17.5 Å². The lowest BCUT2D eigenvalue weighted by Crippen LogP contribution is -2.66. The molecule has 0 saturated carbocycles. The molecule has 10 nitrogen and oxygen atoms in total. The minimum absolute atomic E-state index is 0.00588. The monoisotopic (exact) mass is 508 g/mol. The van der Waals surface area contributed by atoms with Crippen LogP contribution in [-0.2, 0) is 14.3 Å². The Labute approximate surface area is 203 Å². The van der Waals surface area contributed by atoms with Crippen LogP contribution in [0.15, 0.2) is 48.9 Å². The fraction of sp³-hybridized carbons (Fsp3) is 0.391. The fourth-order valence-corrected chi connectivity index (χ4v) is 4.73. The summed E-state index contributed by atoms with van der Waals surface area (Å²) >= 11 is 0. The van der Waals surface area contributed by atoms with Crippen molar-refractivity contribution in [3.8, 4) is 11.3 Å². The highest BCUT2D eigenvalue weighted by Gasteiger charge is 2.62. The standard InChI is InChI=1S/C22H22F3N4O4.CH2O2/c23-14-9-13(10-15(24)18(14)25)16-11-29(27-26-16)19-20(31)17(12-30)33-22(5-4-8-32-22)21(19)28-6-2-1-3-7-28;2-1-3/h1-3,6-7,9-11,17,19-21,30-31H,4-5,8,12H2;1H,(H,2,3)/q+1;/p-1/t17-,19-,20+,21-,22+;/m1./s1. The van der Waals surface area contributed by atoms with Crippen molar-refractivity contribution in [1.82, 2.24) is 15.0 Å². The molecule has 192 valence electrons. The van der Waals surface area contributed by atoms with Crippen LogP contribution in [0.4, 0.5) is 13.2 Å². The Morgan fingerprint density at radius 2 is 1.89 bits per heavy atom. The van der Waals surface area contributed by atoms with Crippen molar-refractivity contribution in [2.75, 3.05) is 13.2 Å². The number of rotatable bonds is 4. The average Bonchev–Trinajstić information content (AvgIpc) is 3.55. The van der Waals surface area contributed by atoms with Gasteiger partial charge in [0.2, 0.25) is 11.8 Å². The molecule has 1 spiro atoms. The Balaban J connectivity index is 0.000000967. The molecule has 1 aromatic carbocycles. The van der Waals surface area contributed by atoms with Gasteiger partial charge in [0.05, 0.1) is 19.4 Å². The summed E-state index contributed by atoms with van der Waals surface area (Å²) in [6.45, 7) is -0.507. The van der Waals surface area contributed by atoms with E-state index in [1.54, 1.807) is 12.4 Å². The molecule has 0 radical (unpaired) electrons. The second kappa shape index (κ2) is 10.7. The fourth-order valence-electron chi connectivity index (χ4n) is 4.73. The van der Waals surface area contributed by atoms with Gasteiger partial charge < -0.3 is 29.6 Å². The van der Waals surface area contributed by atoms with E-state index in [9.17, 15) is 23.4 Å². The highest BCUT2D eigenvalue weighted by atomic mass is 19.2. The first-order valence-corrected chi connectivity index (χ1v) is 11.0. The summed E-state index contributed by atoms with van der Waals surface area (Å²) in [5.74, 6) is -5.40. The molecule has 2 aromatic heterocycles. The van der Waals surface area contributed by atoms with Gasteiger partial charge in [0.15, 0.2) is 29.8 Å². The summed E-state index contributed by atoms with van der Waals surface area (Å²) in [6.07, 6.45) is 4.11. The molecule has 0 aliphatic carbocycles. The van der Waals surface area contributed by atoms with E-state index in [4.69, 9.17) is 19.4 Å². The molecule has 3 aromatic rings. The Kier molecular flexibility index (Phi) is 7.64. The zero-order valence-corrected chi connectivity index (χ0v) is 18.8. The topological polar surface area (TPSA) is 134 Å². The smallest absolute Gasteiger partial charge is 0.236 e. The summed E-state index contributed by atoms with van der Waals surface area (Å²) in [4.78, 5) is 8.25. The van der Waals surface area contributed by atoms with Crippen molar-refractivity contribution in [2.24, 2.45) is 0 Å². The number of hydrogen-bond donors (Lipinski definition) is 2. The zero-order valence-electron chi connectivity index (χ0n) is 18.8. The van der Waals surface area contributed by atoms with E-state index in [1.807, 2.05) is 22.8 Å². The van der Waals surface area contributed by atoms with Crippen LogP contribution in [0.5, 0.6) is 0 Å². The molecule has 0 unspecified atom stereocenters. The van der Waals surface area contributed by atoms with Crippen LogP contribution >= 0.6 is 0 Å². The van der Waals surface area contributed by atoms with Gasteiger partial charge in [-0.2, -0.15) is 4.57 Å². The maximum atomic E-state index is 13.8. The number of carbonyl (C=O) groups is 1. The second-order valence-electron chi connectivity index (χ2n) is 8.29. The van der Waals surface area contributed by atoms with Gasteiger partial charge in [-0.25, -0.2) is 17.9 Å². The number of pyridine rings is 1. The quantitative estimate of drug-likeness (QED) is 0.287. The van der Waals surface area contributed by atoms with E-state index in [0.717, 1.165) is 18.6 Å². The van der Waals surface area contributed by atoms with Crippen molar-refractivity contribution >= 4 is 6.47 Å². The number of ether oxygens (including phenoxy) is 2. The van der Waals surface area contributed by atoms with Gasteiger partial charge in [-0.3, -0.25) is 0 Å². The molecule has 2 aliphatic heterocycles. The van der Waals surface area contributed by atoms with Crippen LogP contribution in [-0.4, -0.2) is 62.9 Å². The number of benzene rings is 1. The molecule has 36 heavy (non-hydrogen) atoms. The maximum Gasteiger partial charge on any atom is 0.236 e. The van der Waals surface area contributed by atoms with Gasteiger partial charge in [-0.05, 0) is 18.6 Å². The van der Waals surface area contributed by atoms with Crippen LogP contribution in [0.25, 0.3) is 11.3 Å². The number of carboxylic acid groups (broad SMARTS) is 1. The Morgan fingerprint density at radius 1 is 1.22 bits per heavy atom. The highest BCUT2D eigenvalue weighted by Crippen LogP contribution is 2.47. The molecule has 0 amide bonds. The molecular formula is C23H23F3N4O6. The van der Waals surface area contributed by atoms with E-state index in [-0.39, 0.29) is 11.3 Å². The number of nitrogens with zero attached hydrogens (tertiary/aromatic N) is 4. The number of aliphatic hydroxyl groups is 2. The molecule has 2 saturated heterocycles. The molecule has 2 fully saturated rings. The number of aliphatic hydroxyl groups excluding tert-OH is 2. The minimum atomic E-state index is -1.57. The molecule has 13 heteroatoms. The first-order chi connectivity index (χ1) is 17.3. The molecular weight excluding hydrogens is 485 g/mol. The van der Waals surface area contributed by atoms with Gasteiger partial charge in [-0.15, -0.1) is 5.10 Å². The van der Waals surface area contributed by atoms with Crippen molar-refractivity contribution < 1.29 is 47.3 Å². The van der Waals surface area contributed by atoms with Crippen LogP contribution < -0.4 is 9.67 Å². The van der Waals surface area contributed by atoms with E-state index in [1.165, 1.54) is 10.9 Å². The lowest BCUT2D eigenvalue weighted by atomic mass is 9.86. The predicted octanol–water partition coefficient (Wildman–Crippen LogP) is 0.0571. The second-order valence-corrected chi connectivity index (χ2v) is 8.29. The molecule has 2 aliphatic rings. The third kappa shape index (κ3) is 4.69. The average molecular weight is 508 g/mol. The first-order valence-electron chi connectivity index (χ1n) is 11.0. The number of aromatic nitrogens is 4. The maximum absolute atomic E-state index is 13.8. The number of halogens is 3. The van der Waals surface area contributed by atoms with Crippen LogP contribution in [0.2, 0.25) is 0 Å². The summed E-state index contributed by atoms with van der Waals surface area (Å²) in [5, 5.41) is 37.4. The third-order valence-electron chi connectivity index (χ3n) is 6.21. The predicted molar refractivity (Wildman–Crippen MR) is 112 cm³/mol. The lowest BCUT2D eigenvalue weighted by Gasteiger charge is -2.46. The van der Waals surface area contributed by atoms with Gasteiger partial charge in [0, 0.05) is 30.6 Å². The Hall–Kier alpha value is -3.39. The SMILES string of the molecule is O=C[O-].OC[C@H]1O[C@@]2(CCCO2)[C@H]([n+]2ccccc2)[C@H](n2cc(-c3cc(F)c(F)c(F)c3)nn2)[C@H]1O. The first kappa shape index (κ1) is 25.7.